The third-order valence-electron chi connectivity index (χ3n) is 2.31. The Labute approximate surface area is 75.4 Å². The van der Waals surface area contributed by atoms with E-state index in [0.717, 1.165) is 11.5 Å². The first-order valence-corrected chi connectivity index (χ1v) is 4.15. The molecule has 0 radical (unpaired) electrons. The molecule has 2 heterocycles. The average Bonchev–Trinajstić information content (AvgIpc) is 2.47. The van der Waals surface area contributed by atoms with Crippen molar-refractivity contribution < 1.29 is 9.90 Å². The van der Waals surface area contributed by atoms with Crippen LogP contribution in [0, 0.1) is 6.92 Å². The molecule has 0 fully saturated rings. The zero-order chi connectivity index (χ0) is 9.42. The maximum absolute atomic E-state index is 10.7. The predicted molar refractivity (Wildman–Crippen MR) is 45.2 cm³/mol. The Morgan fingerprint density at radius 1 is 1.85 bits per heavy atom. The predicted octanol–water partition coefficient (Wildman–Crippen LogP) is -0.252. The molecule has 1 aliphatic rings. The molecule has 0 aliphatic carbocycles. The first kappa shape index (κ1) is 8.25. The van der Waals surface area contributed by atoms with Crippen LogP contribution < -0.4 is 5.32 Å². The summed E-state index contributed by atoms with van der Waals surface area (Å²) in [5.74, 6) is 0.105. The topological polar surface area (TPSA) is 67.2 Å². The van der Waals surface area contributed by atoms with Gasteiger partial charge in [0.1, 0.15) is 11.9 Å². The largest absolute Gasteiger partial charge is 0.480 e. The fourth-order valence-corrected chi connectivity index (χ4v) is 1.53. The molecule has 1 aromatic heterocycles. The lowest BCUT2D eigenvalue weighted by atomic mass is 10.2. The van der Waals surface area contributed by atoms with E-state index >= 15 is 0 Å². The Morgan fingerprint density at radius 2 is 2.62 bits per heavy atom. The van der Waals surface area contributed by atoms with Gasteiger partial charge in [-0.3, -0.25) is 10.1 Å². The molecular formula is C8H11N3O2. The molecule has 5 heteroatoms. The van der Waals surface area contributed by atoms with E-state index in [4.69, 9.17) is 5.11 Å². The molecule has 2 N–H and O–H groups in total. The summed E-state index contributed by atoms with van der Waals surface area (Å²) < 4.78 is 1.94. The number of hydrogen-bond donors (Lipinski definition) is 2. The number of nitrogens with zero attached hydrogens (tertiary/aromatic N) is 2. The highest BCUT2D eigenvalue weighted by atomic mass is 16.4. The summed E-state index contributed by atoms with van der Waals surface area (Å²) in [7, 11) is 0. The number of nitrogens with one attached hydrogen (secondary N) is 1. The minimum absolute atomic E-state index is 0.469. The fraction of sp³-hybridized carbons (Fsp3) is 0.500. The van der Waals surface area contributed by atoms with Crippen molar-refractivity contribution in [2.75, 3.05) is 0 Å². The number of hydrogen-bond acceptors (Lipinski definition) is 3. The van der Waals surface area contributed by atoms with E-state index in [1.807, 2.05) is 11.5 Å². The SMILES string of the molecule is Cc1cnc2n1CC(C(=O)O)NC2. The molecule has 1 aliphatic heterocycles. The molecule has 1 atom stereocenters. The van der Waals surface area contributed by atoms with Gasteiger partial charge in [-0.25, -0.2) is 4.98 Å². The second-order valence-corrected chi connectivity index (χ2v) is 3.20. The van der Waals surface area contributed by atoms with Crippen LogP contribution in [0.4, 0.5) is 0 Å². The Morgan fingerprint density at radius 3 is 3.31 bits per heavy atom. The van der Waals surface area contributed by atoms with E-state index in [2.05, 4.69) is 10.3 Å². The summed E-state index contributed by atoms with van der Waals surface area (Å²) in [6.07, 6.45) is 1.77. The van der Waals surface area contributed by atoms with Crippen molar-refractivity contribution in [3.05, 3.63) is 17.7 Å². The first-order valence-electron chi connectivity index (χ1n) is 4.15. The van der Waals surface area contributed by atoms with Gasteiger partial charge in [-0.15, -0.1) is 0 Å². The summed E-state index contributed by atoms with van der Waals surface area (Å²) in [4.78, 5) is 14.9. The van der Waals surface area contributed by atoms with Crippen LogP contribution in [0.3, 0.4) is 0 Å². The molecule has 0 saturated heterocycles. The van der Waals surface area contributed by atoms with E-state index in [9.17, 15) is 4.79 Å². The van der Waals surface area contributed by atoms with Crippen LogP contribution in [0.15, 0.2) is 6.20 Å². The van der Waals surface area contributed by atoms with Gasteiger partial charge < -0.3 is 9.67 Å². The van der Waals surface area contributed by atoms with Crippen molar-refractivity contribution in [1.29, 1.82) is 0 Å². The molecule has 0 aromatic carbocycles. The smallest absolute Gasteiger partial charge is 0.322 e. The molecule has 1 unspecified atom stereocenters. The molecule has 0 saturated carbocycles. The number of carbonyl (C=O) groups is 1. The zero-order valence-corrected chi connectivity index (χ0v) is 7.32. The first-order chi connectivity index (χ1) is 6.18. The minimum atomic E-state index is -0.807. The minimum Gasteiger partial charge on any atom is -0.480 e. The molecule has 2 rings (SSSR count). The standard InChI is InChI=1S/C8H11N3O2/c1-5-2-10-7-3-9-6(8(12)13)4-11(5)7/h2,6,9H,3-4H2,1H3,(H,12,13). The summed E-state index contributed by atoms with van der Waals surface area (Å²) in [5.41, 5.74) is 1.02. The van der Waals surface area contributed by atoms with E-state index < -0.39 is 12.0 Å². The quantitative estimate of drug-likeness (QED) is 0.626. The highest BCUT2D eigenvalue weighted by molar-refractivity contribution is 5.73. The molecular weight excluding hydrogens is 170 g/mol. The number of fused-ring (bicyclic) bond motifs is 1. The Balaban J connectivity index is 2.27. The monoisotopic (exact) mass is 181 g/mol. The van der Waals surface area contributed by atoms with Gasteiger partial charge in [-0.05, 0) is 6.92 Å². The van der Waals surface area contributed by atoms with Crippen molar-refractivity contribution in [3.63, 3.8) is 0 Å². The number of rotatable bonds is 1. The molecule has 13 heavy (non-hydrogen) atoms. The van der Waals surface area contributed by atoms with Crippen molar-refractivity contribution in [1.82, 2.24) is 14.9 Å². The third kappa shape index (κ3) is 1.31. The van der Waals surface area contributed by atoms with Crippen molar-refractivity contribution in [3.8, 4) is 0 Å². The van der Waals surface area contributed by atoms with E-state index in [1.165, 1.54) is 0 Å². The average molecular weight is 181 g/mol. The van der Waals surface area contributed by atoms with E-state index in [0.29, 0.717) is 13.1 Å². The van der Waals surface area contributed by atoms with Gasteiger partial charge in [0.25, 0.3) is 0 Å². The Hall–Kier alpha value is -1.36. The van der Waals surface area contributed by atoms with Gasteiger partial charge in [0.2, 0.25) is 0 Å². The van der Waals surface area contributed by atoms with Crippen LogP contribution in [0.5, 0.6) is 0 Å². The van der Waals surface area contributed by atoms with Crippen molar-refractivity contribution >= 4 is 5.97 Å². The number of carboxylic acids is 1. The van der Waals surface area contributed by atoms with E-state index in [1.54, 1.807) is 6.20 Å². The second-order valence-electron chi connectivity index (χ2n) is 3.20. The zero-order valence-electron chi connectivity index (χ0n) is 7.32. The van der Waals surface area contributed by atoms with Gasteiger partial charge in [0.05, 0.1) is 13.1 Å². The van der Waals surface area contributed by atoms with Gasteiger partial charge in [0.15, 0.2) is 0 Å². The highest BCUT2D eigenvalue weighted by Crippen LogP contribution is 2.10. The number of imidazole rings is 1. The molecule has 0 spiro atoms. The third-order valence-corrected chi connectivity index (χ3v) is 2.31. The van der Waals surface area contributed by atoms with Crippen LogP contribution in [0.2, 0.25) is 0 Å². The van der Waals surface area contributed by atoms with Crippen LogP contribution in [0.1, 0.15) is 11.5 Å². The van der Waals surface area contributed by atoms with Crippen LogP contribution in [-0.4, -0.2) is 26.7 Å². The van der Waals surface area contributed by atoms with Gasteiger partial charge in [-0.1, -0.05) is 0 Å². The fourth-order valence-electron chi connectivity index (χ4n) is 1.53. The summed E-state index contributed by atoms with van der Waals surface area (Å²) in [5, 5.41) is 11.7. The maximum Gasteiger partial charge on any atom is 0.322 e. The maximum atomic E-state index is 10.7. The summed E-state index contributed by atoms with van der Waals surface area (Å²) in [6.45, 7) is 2.93. The lowest BCUT2D eigenvalue weighted by molar-refractivity contribution is -0.140. The number of aryl methyl sites for hydroxylation is 1. The molecule has 0 bridgehead atoms. The highest BCUT2D eigenvalue weighted by Gasteiger charge is 2.24. The van der Waals surface area contributed by atoms with Gasteiger partial charge >= 0.3 is 5.97 Å². The van der Waals surface area contributed by atoms with Gasteiger partial charge in [0, 0.05) is 11.9 Å². The Bertz CT molecular complexity index is 345. The number of carboxylic acid groups (broad SMARTS) is 1. The molecule has 5 nitrogen and oxygen atoms in total. The normalized spacial score (nSPS) is 21.2. The molecule has 0 amide bonds. The van der Waals surface area contributed by atoms with Gasteiger partial charge in [-0.2, -0.15) is 0 Å². The molecule has 70 valence electrons. The van der Waals surface area contributed by atoms with Crippen LogP contribution >= 0.6 is 0 Å². The van der Waals surface area contributed by atoms with Crippen molar-refractivity contribution in [2.45, 2.75) is 26.1 Å². The molecule has 1 aromatic rings. The van der Waals surface area contributed by atoms with E-state index in [-0.39, 0.29) is 0 Å². The lowest BCUT2D eigenvalue weighted by Crippen LogP contribution is -2.44. The summed E-state index contributed by atoms with van der Waals surface area (Å²) >= 11 is 0. The lowest BCUT2D eigenvalue weighted by Gasteiger charge is -2.22. The Kier molecular flexibility index (Phi) is 1.81. The van der Waals surface area contributed by atoms with Crippen LogP contribution in [-0.2, 0) is 17.9 Å². The van der Waals surface area contributed by atoms with Crippen molar-refractivity contribution in [2.24, 2.45) is 0 Å². The second kappa shape index (κ2) is 2.85. The summed E-state index contributed by atoms with van der Waals surface area (Å²) in [6, 6.07) is -0.486. The van der Waals surface area contributed by atoms with Crippen LogP contribution in [0.25, 0.3) is 0 Å². The number of aromatic nitrogens is 2. The number of aliphatic carboxylic acids is 1.